The van der Waals surface area contributed by atoms with Gasteiger partial charge in [0.25, 0.3) is 0 Å². The van der Waals surface area contributed by atoms with Crippen molar-refractivity contribution in [1.29, 1.82) is 0 Å². The average Bonchev–Trinajstić information content (AvgIpc) is 2.31. The molecule has 86 valence electrons. The van der Waals surface area contributed by atoms with E-state index in [2.05, 4.69) is 0 Å². The number of carbonyl (C=O) groups is 1. The van der Waals surface area contributed by atoms with Gasteiger partial charge >= 0.3 is 0 Å². The first-order valence-electron chi connectivity index (χ1n) is 5.53. The lowest BCUT2D eigenvalue weighted by molar-refractivity contribution is 0.101. The minimum Gasteiger partial charge on any atom is -0.295 e. The van der Waals surface area contributed by atoms with E-state index in [1.54, 1.807) is 6.92 Å². The Bertz CT molecular complexity index is 440. The van der Waals surface area contributed by atoms with Crippen molar-refractivity contribution in [3.63, 3.8) is 0 Å². The molecule has 1 rings (SSSR count). The number of hydrogen-bond acceptors (Lipinski definition) is 1. The maximum Gasteiger partial charge on any atom is 0.159 e. The first-order chi connectivity index (χ1) is 8.30. The van der Waals surface area contributed by atoms with Crippen LogP contribution in [0.1, 0.15) is 17.3 Å². The van der Waals surface area contributed by atoms with Crippen molar-refractivity contribution in [2.24, 2.45) is 0 Å². The molecule has 1 nitrogen and oxygen atoms in total. The lowest BCUT2D eigenvalue weighted by Gasteiger charge is -1.87. The molecule has 0 fully saturated rings. The predicted octanol–water partition coefficient (Wildman–Crippen LogP) is 4.14. The van der Waals surface area contributed by atoms with E-state index in [0.29, 0.717) is 5.56 Å². The van der Waals surface area contributed by atoms with Crippen molar-refractivity contribution in [2.75, 3.05) is 0 Å². The molecule has 0 aliphatic carbocycles. The molecule has 0 heterocycles. The third-order valence-electron chi connectivity index (χ3n) is 2.07. The maximum atomic E-state index is 11.3. The van der Waals surface area contributed by atoms with Crippen LogP contribution in [0.3, 0.4) is 0 Å². The van der Waals surface area contributed by atoms with E-state index in [-0.39, 0.29) is 5.78 Å². The number of rotatable bonds is 1. The van der Waals surface area contributed by atoms with E-state index >= 15 is 0 Å². The summed E-state index contributed by atoms with van der Waals surface area (Å²) in [5, 5.41) is 0. The molecule has 0 aliphatic rings. The summed E-state index contributed by atoms with van der Waals surface area (Å²) in [7, 11) is 0. The molecule has 0 bridgehead atoms. The molecule has 0 unspecified atom stereocenters. The van der Waals surface area contributed by atoms with Gasteiger partial charge in [0.1, 0.15) is 0 Å². The average molecular weight is 224 g/mol. The van der Waals surface area contributed by atoms with E-state index in [1.165, 1.54) is 0 Å². The first kappa shape index (κ1) is 12.9. The smallest absolute Gasteiger partial charge is 0.159 e. The molecule has 0 spiro atoms. The van der Waals surface area contributed by atoms with Crippen molar-refractivity contribution in [3.05, 3.63) is 84.4 Å². The van der Waals surface area contributed by atoms with Crippen LogP contribution >= 0.6 is 0 Å². The van der Waals surface area contributed by atoms with E-state index < -0.39 is 0 Å². The number of ketones is 1. The summed E-state index contributed by atoms with van der Waals surface area (Å²) in [5.41, 5.74) is 0.691. The highest BCUT2D eigenvalue weighted by atomic mass is 16.1. The monoisotopic (exact) mass is 224 g/mol. The van der Waals surface area contributed by atoms with Crippen LogP contribution in [-0.2, 0) is 0 Å². The highest BCUT2D eigenvalue weighted by Gasteiger charge is 1.91. The Morgan fingerprint density at radius 3 is 1.24 bits per heavy atom. The van der Waals surface area contributed by atoms with E-state index in [9.17, 15) is 4.79 Å². The molecule has 17 heavy (non-hydrogen) atoms. The van der Waals surface area contributed by atoms with E-state index in [4.69, 9.17) is 0 Å². The van der Waals surface area contributed by atoms with E-state index in [0.717, 1.165) is 0 Å². The largest absolute Gasteiger partial charge is 0.295 e. The Morgan fingerprint density at radius 2 is 0.941 bits per heavy atom. The number of hydrogen-bond donors (Lipinski definition) is 0. The van der Waals surface area contributed by atoms with Crippen LogP contribution in [0, 0.1) is 0 Å². The van der Waals surface area contributed by atoms with Gasteiger partial charge in [-0.15, -0.1) is 0 Å². The summed E-state index contributed by atoms with van der Waals surface area (Å²) in [6, 6.07) is 24.7. The number of Topliss-reactive ketones (excluding diaryl/α,β-unsaturated/α-hetero) is 1. The highest BCUT2D eigenvalue weighted by molar-refractivity contribution is 5.93. The van der Waals surface area contributed by atoms with Crippen LogP contribution in [0.2, 0.25) is 0 Å². The molecule has 0 aliphatic heterocycles. The molecular weight excluding hydrogens is 208 g/mol. The molecule has 1 heteroatoms. The Kier molecular flexibility index (Phi) is 6.12. The van der Waals surface area contributed by atoms with Crippen molar-refractivity contribution in [2.45, 2.75) is 6.92 Å². The third-order valence-corrected chi connectivity index (χ3v) is 2.07. The number of carbonyl (C=O) groups excluding carboxylic acids is 1. The first-order valence-corrected chi connectivity index (χ1v) is 5.53. The standard InChI is InChI=1S/C16H16O/c1-15(17)16-13-11-9-7-5-3-2-4-6-8-10-12-14-16/h2-14H,1H3. The molecule has 1 aromatic rings. The molecule has 1 aromatic carbocycles. The maximum absolute atomic E-state index is 11.3. The lowest BCUT2D eigenvalue weighted by Crippen LogP contribution is -1.87. The van der Waals surface area contributed by atoms with Gasteiger partial charge in [0.15, 0.2) is 5.78 Å². The van der Waals surface area contributed by atoms with Crippen molar-refractivity contribution in [3.8, 4) is 0 Å². The van der Waals surface area contributed by atoms with Crippen LogP contribution < -0.4 is 0 Å². The van der Waals surface area contributed by atoms with Gasteiger partial charge in [-0.3, -0.25) is 4.79 Å². The quantitative estimate of drug-likeness (QED) is 0.655. The van der Waals surface area contributed by atoms with Crippen LogP contribution in [0.15, 0.2) is 78.9 Å². The second-order valence-electron chi connectivity index (χ2n) is 3.46. The molecule has 0 saturated heterocycles. The van der Waals surface area contributed by atoms with Gasteiger partial charge in [0.05, 0.1) is 0 Å². The third kappa shape index (κ3) is 6.10. The predicted molar refractivity (Wildman–Crippen MR) is 71.7 cm³/mol. The lowest BCUT2D eigenvalue weighted by atomic mass is 10.2. The second-order valence-corrected chi connectivity index (χ2v) is 3.46. The molecule has 0 atom stereocenters. The van der Waals surface area contributed by atoms with Crippen molar-refractivity contribution >= 4 is 5.78 Å². The van der Waals surface area contributed by atoms with Crippen LogP contribution in [0.4, 0.5) is 0 Å². The molecular formula is C16H16O. The summed E-state index contributed by atoms with van der Waals surface area (Å²) >= 11 is 0. The summed E-state index contributed by atoms with van der Waals surface area (Å²) in [6.45, 7) is 1.56. The van der Waals surface area contributed by atoms with Gasteiger partial charge in [0.2, 0.25) is 0 Å². The zero-order valence-corrected chi connectivity index (χ0v) is 9.91. The van der Waals surface area contributed by atoms with Gasteiger partial charge < -0.3 is 0 Å². The minimum absolute atomic E-state index is 0.0609. The van der Waals surface area contributed by atoms with Crippen LogP contribution in [0.25, 0.3) is 0 Å². The fourth-order valence-electron chi connectivity index (χ4n) is 1.19. The molecule has 0 radical (unpaired) electrons. The van der Waals surface area contributed by atoms with Crippen molar-refractivity contribution in [1.82, 2.24) is 0 Å². The molecule has 0 aromatic heterocycles. The Balaban J connectivity index is 3.24. The molecule has 0 amide bonds. The van der Waals surface area contributed by atoms with E-state index in [1.807, 2.05) is 78.9 Å². The van der Waals surface area contributed by atoms with Crippen LogP contribution in [-0.4, -0.2) is 5.78 Å². The Morgan fingerprint density at radius 1 is 0.647 bits per heavy atom. The SMILES string of the molecule is CC(=O)c1ccccccccccccc1. The minimum atomic E-state index is 0.0609. The molecule has 0 saturated carbocycles. The Labute approximate surface area is 102 Å². The normalized spacial score (nSPS) is 8.53. The van der Waals surface area contributed by atoms with Gasteiger partial charge in [-0.25, -0.2) is 0 Å². The topological polar surface area (TPSA) is 17.1 Å². The van der Waals surface area contributed by atoms with Crippen LogP contribution in [0.5, 0.6) is 0 Å². The molecule has 0 N–H and O–H groups in total. The fraction of sp³-hybridized carbons (Fsp3) is 0.0625. The highest BCUT2D eigenvalue weighted by Crippen LogP contribution is 1.95. The summed E-state index contributed by atoms with van der Waals surface area (Å²) in [5.74, 6) is 0.0609. The van der Waals surface area contributed by atoms with Gasteiger partial charge in [0, 0.05) is 5.56 Å². The summed E-state index contributed by atoms with van der Waals surface area (Å²) in [6.07, 6.45) is 0. The van der Waals surface area contributed by atoms with Gasteiger partial charge in [-0.1, -0.05) is 78.9 Å². The zero-order valence-electron chi connectivity index (χ0n) is 9.91. The van der Waals surface area contributed by atoms with Gasteiger partial charge in [-0.2, -0.15) is 0 Å². The van der Waals surface area contributed by atoms with Crippen molar-refractivity contribution < 1.29 is 4.79 Å². The summed E-state index contributed by atoms with van der Waals surface area (Å²) < 4.78 is 0. The second kappa shape index (κ2) is 8.05. The summed E-state index contributed by atoms with van der Waals surface area (Å²) in [4.78, 5) is 11.3. The fourth-order valence-corrected chi connectivity index (χ4v) is 1.19. The Hall–Kier alpha value is -2.15. The van der Waals surface area contributed by atoms with Gasteiger partial charge in [-0.05, 0) is 6.92 Å². The zero-order chi connectivity index (χ0) is 12.3.